The summed E-state index contributed by atoms with van der Waals surface area (Å²) < 4.78 is 6.10. The highest BCUT2D eigenvalue weighted by molar-refractivity contribution is 9.10. The van der Waals surface area contributed by atoms with Gasteiger partial charge in [-0.25, -0.2) is 4.79 Å². The van der Waals surface area contributed by atoms with E-state index < -0.39 is 0 Å². The molecule has 1 heterocycles. The Hall–Kier alpha value is -1.62. The Balaban J connectivity index is 2.12. The Labute approximate surface area is 113 Å². The zero-order valence-electron chi connectivity index (χ0n) is 9.77. The van der Waals surface area contributed by atoms with E-state index in [0.717, 1.165) is 10.0 Å². The van der Waals surface area contributed by atoms with Gasteiger partial charge in [0.15, 0.2) is 0 Å². The van der Waals surface area contributed by atoms with E-state index in [1.165, 1.54) is 6.92 Å². The first-order valence-electron chi connectivity index (χ1n) is 5.49. The summed E-state index contributed by atoms with van der Waals surface area (Å²) in [5.74, 6) is -0.496. The molecule has 1 atom stereocenters. The van der Waals surface area contributed by atoms with E-state index in [0.29, 0.717) is 12.1 Å². The van der Waals surface area contributed by atoms with E-state index in [4.69, 9.17) is 4.74 Å². The molecule has 0 bridgehead atoms. The van der Waals surface area contributed by atoms with Crippen LogP contribution in [0.5, 0.6) is 0 Å². The number of carbonyl (C=O) groups excluding carboxylic acids is 2. The van der Waals surface area contributed by atoms with Gasteiger partial charge in [0.25, 0.3) is 0 Å². The van der Waals surface area contributed by atoms with Gasteiger partial charge in [-0.05, 0) is 23.8 Å². The minimum absolute atomic E-state index is 0.142. The lowest BCUT2D eigenvalue weighted by molar-refractivity contribution is -0.138. The van der Waals surface area contributed by atoms with Crippen LogP contribution < -0.4 is 5.32 Å². The molecular formula is C13H12BrNO3. The van der Waals surface area contributed by atoms with Crippen molar-refractivity contribution in [2.75, 3.05) is 6.54 Å². The first-order chi connectivity index (χ1) is 8.56. The highest BCUT2D eigenvalue weighted by Crippen LogP contribution is 2.25. The van der Waals surface area contributed by atoms with Gasteiger partial charge in [0.1, 0.15) is 6.10 Å². The average molecular weight is 310 g/mol. The number of hydrogen-bond acceptors (Lipinski definition) is 3. The van der Waals surface area contributed by atoms with Crippen molar-refractivity contribution in [3.63, 3.8) is 0 Å². The average Bonchev–Trinajstić information content (AvgIpc) is 2.69. The molecule has 1 aliphatic rings. The number of hydrogen-bond donors (Lipinski definition) is 1. The monoisotopic (exact) mass is 309 g/mol. The quantitative estimate of drug-likeness (QED) is 0.868. The smallest absolute Gasteiger partial charge is 0.339 e. The van der Waals surface area contributed by atoms with E-state index in [1.54, 1.807) is 6.08 Å². The molecule has 1 aromatic carbocycles. The maximum atomic E-state index is 11.7. The molecule has 18 heavy (non-hydrogen) atoms. The van der Waals surface area contributed by atoms with Crippen LogP contribution in [0, 0.1) is 0 Å². The van der Waals surface area contributed by atoms with Crippen molar-refractivity contribution in [1.82, 2.24) is 5.32 Å². The summed E-state index contributed by atoms with van der Waals surface area (Å²) in [6.45, 7) is 1.73. The maximum Gasteiger partial charge on any atom is 0.339 e. The zero-order chi connectivity index (χ0) is 13.1. The number of cyclic esters (lactones) is 1. The van der Waals surface area contributed by atoms with Crippen molar-refractivity contribution in [1.29, 1.82) is 0 Å². The summed E-state index contributed by atoms with van der Waals surface area (Å²) in [7, 11) is 0. The predicted molar refractivity (Wildman–Crippen MR) is 70.7 cm³/mol. The van der Waals surface area contributed by atoms with Crippen LogP contribution in [0.4, 0.5) is 0 Å². The zero-order valence-corrected chi connectivity index (χ0v) is 11.4. The van der Waals surface area contributed by atoms with Gasteiger partial charge >= 0.3 is 5.97 Å². The molecule has 4 nitrogen and oxygen atoms in total. The van der Waals surface area contributed by atoms with Gasteiger partial charge < -0.3 is 10.1 Å². The van der Waals surface area contributed by atoms with E-state index >= 15 is 0 Å². The molecule has 0 aliphatic carbocycles. The van der Waals surface area contributed by atoms with Crippen molar-refractivity contribution >= 4 is 33.4 Å². The van der Waals surface area contributed by atoms with Crippen LogP contribution >= 0.6 is 15.9 Å². The highest BCUT2D eigenvalue weighted by Gasteiger charge is 2.26. The summed E-state index contributed by atoms with van der Waals surface area (Å²) in [5, 5.41) is 2.62. The van der Waals surface area contributed by atoms with Crippen LogP contribution in [0.2, 0.25) is 0 Å². The summed E-state index contributed by atoms with van der Waals surface area (Å²) >= 11 is 3.34. The number of esters is 1. The minimum atomic E-state index is -0.389. The van der Waals surface area contributed by atoms with Crippen molar-refractivity contribution in [3.8, 4) is 0 Å². The second-order valence-electron chi connectivity index (χ2n) is 3.97. The molecule has 0 spiro atoms. The standard InChI is InChI=1S/C13H12BrNO3/c1-8(16)15-7-11-6-12(13(17)18-11)9-2-4-10(14)5-3-9/h2-6,11H,7H2,1H3,(H,15,16). The molecule has 5 heteroatoms. The third-order valence-corrected chi connectivity index (χ3v) is 3.07. The molecule has 1 aromatic rings. The molecule has 0 saturated carbocycles. The Morgan fingerprint density at radius 2 is 2.06 bits per heavy atom. The van der Waals surface area contributed by atoms with Gasteiger partial charge in [0, 0.05) is 11.4 Å². The lowest BCUT2D eigenvalue weighted by atomic mass is 10.1. The third-order valence-electron chi connectivity index (χ3n) is 2.54. The van der Waals surface area contributed by atoms with E-state index in [1.807, 2.05) is 24.3 Å². The molecule has 1 N–H and O–H groups in total. The van der Waals surface area contributed by atoms with Crippen molar-refractivity contribution in [3.05, 3.63) is 40.4 Å². The second kappa shape index (κ2) is 5.35. The number of ether oxygens (including phenoxy) is 1. The lowest BCUT2D eigenvalue weighted by Gasteiger charge is -2.07. The van der Waals surface area contributed by atoms with Gasteiger partial charge in [-0.2, -0.15) is 0 Å². The van der Waals surface area contributed by atoms with Gasteiger partial charge in [-0.1, -0.05) is 28.1 Å². The largest absolute Gasteiger partial charge is 0.453 e. The Bertz CT molecular complexity index is 507. The molecule has 1 aliphatic heterocycles. The molecular weight excluding hydrogens is 298 g/mol. The van der Waals surface area contributed by atoms with Crippen molar-refractivity contribution < 1.29 is 14.3 Å². The SMILES string of the molecule is CC(=O)NCC1C=C(c2ccc(Br)cc2)C(=O)O1. The Kier molecular flexibility index (Phi) is 3.81. The van der Waals surface area contributed by atoms with Crippen molar-refractivity contribution in [2.45, 2.75) is 13.0 Å². The van der Waals surface area contributed by atoms with Gasteiger partial charge in [-0.3, -0.25) is 4.79 Å². The molecule has 94 valence electrons. The first-order valence-corrected chi connectivity index (χ1v) is 6.29. The van der Waals surface area contributed by atoms with E-state index in [9.17, 15) is 9.59 Å². The van der Waals surface area contributed by atoms with Gasteiger partial charge in [0.2, 0.25) is 5.91 Å². The number of benzene rings is 1. The lowest BCUT2D eigenvalue weighted by Crippen LogP contribution is -2.29. The second-order valence-corrected chi connectivity index (χ2v) is 4.88. The molecule has 2 rings (SSSR count). The van der Waals surface area contributed by atoms with E-state index in [2.05, 4.69) is 21.2 Å². The normalized spacial score (nSPS) is 18.2. The van der Waals surface area contributed by atoms with Crippen molar-refractivity contribution in [2.24, 2.45) is 0 Å². The first kappa shape index (κ1) is 12.8. The number of halogens is 1. The van der Waals surface area contributed by atoms with Crippen LogP contribution in [-0.4, -0.2) is 24.5 Å². The summed E-state index contributed by atoms with van der Waals surface area (Å²) in [6, 6.07) is 7.42. The Morgan fingerprint density at radius 1 is 1.39 bits per heavy atom. The van der Waals surface area contributed by atoms with E-state index in [-0.39, 0.29) is 18.0 Å². The maximum absolute atomic E-state index is 11.7. The molecule has 1 amide bonds. The summed E-state index contributed by atoms with van der Waals surface area (Å²) in [6.07, 6.45) is 1.35. The number of rotatable bonds is 3. The van der Waals surface area contributed by atoms with Crippen LogP contribution in [-0.2, 0) is 14.3 Å². The molecule has 0 saturated heterocycles. The Morgan fingerprint density at radius 3 is 2.67 bits per heavy atom. The number of carbonyl (C=O) groups is 2. The minimum Gasteiger partial charge on any atom is -0.453 e. The predicted octanol–water partition coefficient (Wildman–Crippen LogP) is 1.89. The fraction of sp³-hybridized carbons (Fsp3) is 0.231. The molecule has 0 aromatic heterocycles. The van der Waals surface area contributed by atoms with Crippen LogP contribution in [0.25, 0.3) is 5.57 Å². The number of amides is 1. The fourth-order valence-corrected chi connectivity index (χ4v) is 1.94. The molecule has 0 radical (unpaired) electrons. The van der Waals surface area contributed by atoms with Crippen LogP contribution in [0.15, 0.2) is 34.8 Å². The number of nitrogens with one attached hydrogen (secondary N) is 1. The topological polar surface area (TPSA) is 55.4 Å². The molecule has 0 fully saturated rings. The third kappa shape index (κ3) is 2.98. The van der Waals surface area contributed by atoms with Crippen LogP contribution in [0.3, 0.4) is 0 Å². The van der Waals surface area contributed by atoms with Crippen LogP contribution in [0.1, 0.15) is 12.5 Å². The van der Waals surface area contributed by atoms with Gasteiger partial charge in [-0.15, -0.1) is 0 Å². The fourth-order valence-electron chi connectivity index (χ4n) is 1.68. The summed E-state index contributed by atoms with van der Waals surface area (Å²) in [4.78, 5) is 22.5. The molecule has 1 unspecified atom stereocenters. The highest BCUT2D eigenvalue weighted by atomic mass is 79.9. The van der Waals surface area contributed by atoms with Gasteiger partial charge in [0.05, 0.1) is 12.1 Å². The summed E-state index contributed by atoms with van der Waals surface area (Å²) in [5.41, 5.74) is 1.35.